The number of fused-ring (bicyclic) bond motifs is 1. The Morgan fingerprint density at radius 2 is 2.40 bits per heavy atom. The Hall–Kier alpha value is -0.830. The highest BCUT2D eigenvalue weighted by molar-refractivity contribution is 5.76. The zero-order chi connectivity index (χ0) is 10.7. The Morgan fingerprint density at radius 3 is 3.13 bits per heavy atom. The van der Waals surface area contributed by atoms with Gasteiger partial charge in [-0.1, -0.05) is 6.08 Å². The van der Waals surface area contributed by atoms with E-state index in [1.807, 2.05) is 11.0 Å². The van der Waals surface area contributed by atoms with Crippen molar-refractivity contribution < 1.29 is 4.79 Å². The normalized spacial score (nSPS) is 30.0. The number of likely N-dealkylation sites (tertiary alicyclic amines) is 1. The lowest BCUT2D eigenvalue weighted by Crippen LogP contribution is -2.41. The van der Waals surface area contributed by atoms with E-state index >= 15 is 0 Å². The highest BCUT2D eigenvalue weighted by atomic mass is 16.2. The lowest BCUT2D eigenvalue weighted by atomic mass is 9.94. The van der Waals surface area contributed by atoms with Crippen molar-refractivity contribution in [2.75, 3.05) is 19.6 Å². The molecule has 3 heteroatoms. The van der Waals surface area contributed by atoms with E-state index in [-0.39, 0.29) is 0 Å². The molecule has 0 bridgehead atoms. The minimum Gasteiger partial charge on any atom is -0.341 e. The van der Waals surface area contributed by atoms with Gasteiger partial charge in [0, 0.05) is 25.6 Å². The summed E-state index contributed by atoms with van der Waals surface area (Å²) in [5.41, 5.74) is 0. The third kappa shape index (κ3) is 2.40. The quantitative estimate of drug-likeness (QED) is 0.706. The summed E-state index contributed by atoms with van der Waals surface area (Å²) in [6.45, 7) is 6.65. The fourth-order valence-electron chi connectivity index (χ4n) is 2.63. The second kappa shape index (κ2) is 4.79. The van der Waals surface area contributed by atoms with Crippen LogP contribution in [0.1, 0.15) is 25.7 Å². The summed E-state index contributed by atoms with van der Waals surface area (Å²) in [4.78, 5) is 13.8. The number of hydrogen-bond donors (Lipinski definition) is 1. The minimum absolute atomic E-state index is 0.297. The lowest BCUT2D eigenvalue weighted by molar-refractivity contribution is -0.130. The van der Waals surface area contributed by atoms with Crippen LogP contribution in [0.2, 0.25) is 0 Å². The number of piperidine rings is 1. The van der Waals surface area contributed by atoms with Gasteiger partial charge in [-0.15, -0.1) is 6.58 Å². The fraction of sp³-hybridized carbons (Fsp3) is 0.750. The smallest absolute Gasteiger partial charge is 0.222 e. The number of carbonyl (C=O) groups is 1. The van der Waals surface area contributed by atoms with Crippen LogP contribution in [0.15, 0.2) is 12.7 Å². The molecular formula is C12H20N2O. The van der Waals surface area contributed by atoms with Gasteiger partial charge in [0.05, 0.1) is 0 Å². The molecule has 0 aromatic rings. The van der Waals surface area contributed by atoms with Gasteiger partial charge in [0.15, 0.2) is 0 Å². The van der Waals surface area contributed by atoms with E-state index in [4.69, 9.17) is 0 Å². The monoisotopic (exact) mass is 208 g/mol. The molecule has 0 aliphatic carbocycles. The third-order valence-corrected chi connectivity index (χ3v) is 3.51. The Morgan fingerprint density at radius 1 is 1.53 bits per heavy atom. The van der Waals surface area contributed by atoms with Gasteiger partial charge < -0.3 is 10.2 Å². The Balaban J connectivity index is 1.85. The molecule has 2 rings (SSSR count). The standard InChI is InChI=1S/C12H20N2O/c1-2-3-6-12(15)14-8-10-5-4-7-13-11(10)9-14/h2,10-11,13H,1,3-9H2. The van der Waals surface area contributed by atoms with Crippen LogP contribution < -0.4 is 5.32 Å². The summed E-state index contributed by atoms with van der Waals surface area (Å²) < 4.78 is 0. The van der Waals surface area contributed by atoms with Gasteiger partial charge in [-0.25, -0.2) is 0 Å². The van der Waals surface area contributed by atoms with E-state index in [1.165, 1.54) is 12.8 Å². The van der Waals surface area contributed by atoms with Gasteiger partial charge in [-0.05, 0) is 31.7 Å². The summed E-state index contributed by atoms with van der Waals surface area (Å²) in [5.74, 6) is 0.998. The zero-order valence-corrected chi connectivity index (χ0v) is 9.24. The second-order valence-corrected chi connectivity index (χ2v) is 4.59. The van der Waals surface area contributed by atoms with Crippen molar-refractivity contribution in [3.05, 3.63) is 12.7 Å². The maximum atomic E-state index is 11.8. The number of nitrogens with one attached hydrogen (secondary N) is 1. The Labute approximate surface area is 91.5 Å². The van der Waals surface area contributed by atoms with E-state index in [1.54, 1.807) is 0 Å². The summed E-state index contributed by atoms with van der Waals surface area (Å²) in [6, 6.07) is 0.562. The lowest BCUT2D eigenvalue weighted by Gasteiger charge is -2.24. The highest BCUT2D eigenvalue weighted by Crippen LogP contribution is 2.25. The van der Waals surface area contributed by atoms with Crippen molar-refractivity contribution in [2.24, 2.45) is 5.92 Å². The number of allylic oxidation sites excluding steroid dienone is 1. The van der Waals surface area contributed by atoms with E-state index in [9.17, 15) is 4.79 Å². The van der Waals surface area contributed by atoms with Crippen LogP contribution in [-0.4, -0.2) is 36.5 Å². The average Bonchev–Trinajstić information content (AvgIpc) is 2.69. The molecule has 3 nitrogen and oxygen atoms in total. The largest absolute Gasteiger partial charge is 0.341 e. The molecule has 2 aliphatic rings. The molecule has 15 heavy (non-hydrogen) atoms. The molecule has 0 aromatic carbocycles. The zero-order valence-electron chi connectivity index (χ0n) is 9.24. The number of carbonyl (C=O) groups excluding carboxylic acids is 1. The third-order valence-electron chi connectivity index (χ3n) is 3.51. The van der Waals surface area contributed by atoms with Gasteiger partial charge in [0.1, 0.15) is 0 Å². The molecule has 1 N–H and O–H groups in total. The molecule has 0 spiro atoms. The number of hydrogen-bond acceptors (Lipinski definition) is 2. The van der Waals surface area contributed by atoms with Crippen LogP contribution >= 0.6 is 0 Å². The van der Waals surface area contributed by atoms with Crippen molar-refractivity contribution in [2.45, 2.75) is 31.7 Å². The first-order valence-electron chi connectivity index (χ1n) is 5.93. The topological polar surface area (TPSA) is 32.3 Å². The average molecular weight is 208 g/mol. The maximum absolute atomic E-state index is 11.8. The maximum Gasteiger partial charge on any atom is 0.222 e. The van der Waals surface area contributed by atoms with Crippen molar-refractivity contribution in [3.63, 3.8) is 0 Å². The summed E-state index contributed by atoms with van der Waals surface area (Å²) >= 11 is 0. The van der Waals surface area contributed by atoms with Gasteiger partial charge >= 0.3 is 0 Å². The predicted molar refractivity (Wildman–Crippen MR) is 60.5 cm³/mol. The summed E-state index contributed by atoms with van der Waals surface area (Å²) in [7, 11) is 0. The highest BCUT2D eigenvalue weighted by Gasteiger charge is 2.35. The first kappa shape index (κ1) is 10.7. The second-order valence-electron chi connectivity index (χ2n) is 4.59. The molecule has 1 amide bonds. The molecule has 2 unspecified atom stereocenters. The molecule has 2 atom stereocenters. The molecule has 84 valence electrons. The van der Waals surface area contributed by atoms with Gasteiger partial charge in [-0.2, -0.15) is 0 Å². The van der Waals surface area contributed by atoms with Crippen molar-refractivity contribution in [1.82, 2.24) is 10.2 Å². The van der Waals surface area contributed by atoms with E-state index in [0.717, 1.165) is 26.1 Å². The minimum atomic E-state index is 0.297. The van der Waals surface area contributed by atoms with Crippen molar-refractivity contribution in [3.8, 4) is 0 Å². The van der Waals surface area contributed by atoms with Crippen LogP contribution in [0.5, 0.6) is 0 Å². The molecule has 2 aliphatic heterocycles. The van der Waals surface area contributed by atoms with Crippen LogP contribution in [0, 0.1) is 5.92 Å². The molecular weight excluding hydrogens is 188 g/mol. The van der Waals surface area contributed by atoms with Crippen LogP contribution in [-0.2, 0) is 4.79 Å². The Kier molecular flexibility index (Phi) is 3.41. The van der Waals surface area contributed by atoms with Crippen molar-refractivity contribution >= 4 is 5.91 Å². The van der Waals surface area contributed by atoms with Gasteiger partial charge in [-0.3, -0.25) is 4.79 Å². The van der Waals surface area contributed by atoms with E-state index < -0.39 is 0 Å². The van der Waals surface area contributed by atoms with Crippen LogP contribution in [0.25, 0.3) is 0 Å². The number of rotatable bonds is 3. The summed E-state index contributed by atoms with van der Waals surface area (Å²) in [6.07, 6.45) is 5.79. The first-order chi connectivity index (χ1) is 7.31. The fourth-order valence-corrected chi connectivity index (χ4v) is 2.63. The molecule has 0 aromatic heterocycles. The number of nitrogens with zero attached hydrogens (tertiary/aromatic N) is 1. The van der Waals surface area contributed by atoms with Crippen LogP contribution in [0.3, 0.4) is 0 Å². The molecule has 0 radical (unpaired) electrons. The van der Waals surface area contributed by atoms with Gasteiger partial charge in [0.2, 0.25) is 5.91 Å². The van der Waals surface area contributed by atoms with E-state index in [2.05, 4.69) is 11.9 Å². The number of amides is 1. The van der Waals surface area contributed by atoms with Crippen molar-refractivity contribution in [1.29, 1.82) is 0 Å². The molecule has 0 saturated carbocycles. The first-order valence-corrected chi connectivity index (χ1v) is 5.93. The molecule has 2 fully saturated rings. The molecule has 2 heterocycles. The van der Waals surface area contributed by atoms with Gasteiger partial charge in [0.25, 0.3) is 0 Å². The summed E-state index contributed by atoms with van der Waals surface area (Å²) in [5, 5.41) is 3.51. The van der Waals surface area contributed by atoms with Crippen LogP contribution in [0.4, 0.5) is 0 Å². The SMILES string of the molecule is C=CCCC(=O)N1CC2CCCNC2C1. The molecule has 2 saturated heterocycles. The Bertz CT molecular complexity index is 238. The predicted octanol–water partition coefficient (Wildman–Crippen LogP) is 1.16. The van der Waals surface area contributed by atoms with E-state index in [0.29, 0.717) is 24.3 Å².